The van der Waals surface area contributed by atoms with Crippen LogP contribution < -0.4 is 20.3 Å². The summed E-state index contributed by atoms with van der Waals surface area (Å²) in [6.45, 7) is 7.51. The summed E-state index contributed by atoms with van der Waals surface area (Å²) < 4.78 is 12.8. The Morgan fingerprint density at radius 1 is 1.07 bits per heavy atom. The summed E-state index contributed by atoms with van der Waals surface area (Å²) in [5.74, 6) is 1.76. The van der Waals surface area contributed by atoms with Crippen molar-refractivity contribution in [2.75, 3.05) is 25.1 Å². The summed E-state index contributed by atoms with van der Waals surface area (Å²) >= 11 is 6.21. The van der Waals surface area contributed by atoms with Crippen molar-refractivity contribution in [1.82, 2.24) is 9.55 Å². The molecule has 0 atom stereocenters. The predicted octanol–water partition coefficient (Wildman–Crippen LogP) is 4.65. The van der Waals surface area contributed by atoms with Crippen LogP contribution in [0.2, 0.25) is 5.02 Å². The third-order valence-corrected chi connectivity index (χ3v) is 5.00. The average Bonchev–Trinajstić information content (AvgIpc) is 2.73. The minimum absolute atomic E-state index is 0.223. The lowest BCUT2D eigenvalue weighted by atomic mass is 10.1. The van der Waals surface area contributed by atoms with Crippen molar-refractivity contribution in [3.8, 4) is 17.2 Å². The average molecular weight is 428 g/mol. The standard InChI is InChI=1S/C23H26ClN3O3/c1-4-29-20-9-7-17(14-21(20)30-5-2)10-11-25-22-23(28)27(13-12-26-22)18-8-6-16(3)19(24)15-18/h6-9,12-15H,4-5,10-11H2,1-3H3,(H,25,26). The van der Waals surface area contributed by atoms with Crippen LogP contribution in [0.3, 0.4) is 0 Å². The van der Waals surface area contributed by atoms with Crippen LogP contribution in [0.4, 0.5) is 5.82 Å². The molecule has 158 valence electrons. The molecule has 30 heavy (non-hydrogen) atoms. The van der Waals surface area contributed by atoms with Gasteiger partial charge in [0.05, 0.1) is 18.9 Å². The molecule has 7 heteroatoms. The summed E-state index contributed by atoms with van der Waals surface area (Å²) in [6.07, 6.45) is 3.94. The Morgan fingerprint density at radius 2 is 1.83 bits per heavy atom. The minimum Gasteiger partial charge on any atom is -0.490 e. The van der Waals surface area contributed by atoms with Crippen LogP contribution in [-0.4, -0.2) is 29.3 Å². The largest absolute Gasteiger partial charge is 0.490 e. The van der Waals surface area contributed by atoms with E-state index in [1.54, 1.807) is 18.5 Å². The molecule has 0 aliphatic heterocycles. The molecule has 0 spiro atoms. The van der Waals surface area contributed by atoms with Crippen LogP contribution >= 0.6 is 11.6 Å². The van der Waals surface area contributed by atoms with Gasteiger partial charge in [0.2, 0.25) is 0 Å². The normalized spacial score (nSPS) is 10.7. The van der Waals surface area contributed by atoms with Crippen molar-refractivity contribution >= 4 is 17.4 Å². The monoisotopic (exact) mass is 427 g/mol. The fourth-order valence-electron chi connectivity index (χ4n) is 3.04. The van der Waals surface area contributed by atoms with Crippen LogP contribution in [0.25, 0.3) is 5.69 Å². The molecule has 1 N–H and O–H groups in total. The summed E-state index contributed by atoms with van der Waals surface area (Å²) in [6, 6.07) is 11.4. The van der Waals surface area contributed by atoms with Gasteiger partial charge >= 0.3 is 0 Å². The molecule has 0 aliphatic carbocycles. The van der Waals surface area contributed by atoms with E-state index in [0.717, 1.165) is 22.6 Å². The lowest BCUT2D eigenvalue weighted by molar-refractivity contribution is 0.287. The highest BCUT2D eigenvalue weighted by atomic mass is 35.5. The summed E-state index contributed by atoms with van der Waals surface area (Å²) in [4.78, 5) is 17.0. The summed E-state index contributed by atoms with van der Waals surface area (Å²) in [5, 5.41) is 3.76. The molecule has 0 amide bonds. The van der Waals surface area contributed by atoms with E-state index >= 15 is 0 Å². The summed E-state index contributed by atoms with van der Waals surface area (Å²) in [5.41, 5.74) is 2.52. The van der Waals surface area contributed by atoms with E-state index in [-0.39, 0.29) is 5.56 Å². The highest BCUT2D eigenvalue weighted by molar-refractivity contribution is 6.31. The van der Waals surface area contributed by atoms with Gasteiger partial charge in [-0.05, 0) is 62.6 Å². The van der Waals surface area contributed by atoms with Crippen LogP contribution in [-0.2, 0) is 6.42 Å². The maximum absolute atomic E-state index is 12.8. The predicted molar refractivity (Wildman–Crippen MR) is 121 cm³/mol. The fraction of sp³-hybridized carbons (Fsp3) is 0.304. The highest BCUT2D eigenvalue weighted by Gasteiger charge is 2.09. The number of halogens is 1. The Labute approximate surface area is 181 Å². The van der Waals surface area contributed by atoms with Gasteiger partial charge in [0, 0.05) is 24.0 Å². The van der Waals surface area contributed by atoms with E-state index in [1.807, 2.05) is 51.1 Å². The van der Waals surface area contributed by atoms with Crippen molar-refractivity contribution in [2.45, 2.75) is 27.2 Å². The number of nitrogens with zero attached hydrogens (tertiary/aromatic N) is 2. The van der Waals surface area contributed by atoms with Gasteiger partial charge in [-0.3, -0.25) is 9.36 Å². The first-order valence-corrected chi connectivity index (χ1v) is 10.4. The minimum atomic E-state index is -0.223. The molecule has 0 fully saturated rings. The van der Waals surface area contributed by atoms with Crippen molar-refractivity contribution in [2.24, 2.45) is 0 Å². The molecule has 0 aliphatic rings. The molecular weight excluding hydrogens is 402 g/mol. The Balaban J connectivity index is 1.71. The van der Waals surface area contributed by atoms with E-state index in [2.05, 4.69) is 10.3 Å². The number of benzene rings is 2. The molecule has 0 unspecified atom stereocenters. The van der Waals surface area contributed by atoms with Gasteiger partial charge in [0.25, 0.3) is 5.56 Å². The number of aryl methyl sites for hydroxylation is 1. The lowest BCUT2D eigenvalue weighted by Gasteiger charge is -2.13. The van der Waals surface area contributed by atoms with Crippen LogP contribution in [0, 0.1) is 6.92 Å². The molecule has 0 saturated carbocycles. The second-order valence-electron chi connectivity index (χ2n) is 6.71. The zero-order valence-corrected chi connectivity index (χ0v) is 18.2. The molecule has 0 saturated heterocycles. The number of anilines is 1. The number of hydrogen-bond acceptors (Lipinski definition) is 5. The van der Waals surface area contributed by atoms with Gasteiger partial charge in [0.1, 0.15) is 0 Å². The van der Waals surface area contributed by atoms with Crippen molar-refractivity contribution in [3.63, 3.8) is 0 Å². The number of hydrogen-bond donors (Lipinski definition) is 1. The quantitative estimate of drug-likeness (QED) is 0.538. The zero-order chi connectivity index (χ0) is 21.5. The Hall–Kier alpha value is -2.99. The molecule has 0 radical (unpaired) electrons. The van der Waals surface area contributed by atoms with Gasteiger partial charge in [-0.2, -0.15) is 0 Å². The van der Waals surface area contributed by atoms with E-state index in [9.17, 15) is 4.79 Å². The second kappa shape index (κ2) is 10.2. The Kier molecular flexibility index (Phi) is 7.36. The topological polar surface area (TPSA) is 65.4 Å². The molecule has 3 aromatic rings. The molecule has 1 heterocycles. The molecule has 6 nitrogen and oxygen atoms in total. The first-order chi connectivity index (χ1) is 14.5. The van der Waals surface area contributed by atoms with E-state index in [4.69, 9.17) is 21.1 Å². The second-order valence-corrected chi connectivity index (χ2v) is 7.12. The number of ether oxygens (including phenoxy) is 2. The van der Waals surface area contributed by atoms with Gasteiger partial charge in [-0.15, -0.1) is 0 Å². The maximum Gasteiger partial charge on any atom is 0.297 e. The summed E-state index contributed by atoms with van der Waals surface area (Å²) in [7, 11) is 0. The first kappa shape index (κ1) is 21.7. The third kappa shape index (κ3) is 5.13. The number of aromatic nitrogens is 2. The Morgan fingerprint density at radius 3 is 2.57 bits per heavy atom. The molecular formula is C23H26ClN3O3. The van der Waals surface area contributed by atoms with E-state index in [0.29, 0.717) is 42.7 Å². The molecule has 1 aromatic heterocycles. The third-order valence-electron chi connectivity index (χ3n) is 4.59. The first-order valence-electron chi connectivity index (χ1n) is 10.00. The smallest absolute Gasteiger partial charge is 0.297 e. The molecule has 2 aromatic carbocycles. The van der Waals surface area contributed by atoms with E-state index < -0.39 is 0 Å². The Bertz CT molecular complexity index is 1070. The lowest BCUT2D eigenvalue weighted by Crippen LogP contribution is -2.24. The van der Waals surface area contributed by atoms with Crippen molar-refractivity contribution in [3.05, 3.63) is 75.3 Å². The van der Waals surface area contributed by atoms with Crippen molar-refractivity contribution in [1.29, 1.82) is 0 Å². The van der Waals surface area contributed by atoms with Crippen molar-refractivity contribution < 1.29 is 9.47 Å². The highest BCUT2D eigenvalue weighted by Crippen LogP contribution is 2.28. The van der Waals surface area contributed by atoms with Crippen LogP contribution in [0.1, 0.15) is 25.0 Å². The number of rotatable bonds is 9. The van der Waals surface area contributed by atoms with Gasteiger partial charge < -0.3 is 14.8 Å². The SMILES string of the molecule is CCOc1ccc(CCNc2nccn(-c3ccc(C)c(Cl)c3)c2=O)cc1OCC. The fourth-order valence-corrected chi connectivity index (χ4v) is 3.22. The van der Waals surface area contributed by atoms with Crippen LogP contribution in [0.5, 0.6) is 11.5 Å². The molecule has 0 bridgehead atoms. The zero-order valence-electron chi connectivity index (χ0n) is 17.4. The molecule has 3 rings (SSSR count). The van der Waals surface area contributed by atoms with Gasteiger partial charge in [-0.1, -0.05) is 23.7 Å². The van der Waals surface area contributed by atoms with E-state index in [1.165, 1.54) is 4.57 Å². The maximum atomic E-state index is 12.8. The van der Waals surface area contributed by atoms with Gasteiger partial charge in [-0.25, -0.2) is 4.98 Å². The van der Waals surface area contributed by atoms with Gasteiger partial charge in [0.15, 0.2) is 17.3 Å². The van der Waals surface area contributed by atoms with Crippen LogP contribution in [0.15, 0.2) is 53.6 Å². The number of nitrogens with one attached hydrogen (secondary N) is 1.